The van der Waals surface area contributed by atoms with Crippen LogP contribution in [0.15, 0.2) is 0 Å². The van der Waals surface area contributed by atoms with Gasteiger partial charge in [-0.2, -0.15) is 79.0 Å². The van der Waals surface area contributed by atoms with E-state index in [0.29, 0.717) is 0 Å². The van der Waals surface area contributed by atoms with Crippen LogP contribution in [-0.2, 0) is 4.74 Å². The SMILES string of the molecule is FC(C(F)(F)F)C(F)(F)OCC(F)(F)C(F)(F)C(F)(F)C(F)(F)C(F)(F)C(F)(F)F. The second-order valence-electron chi connectivity index (χ2n) is 5.25. The van der Waals surface area contributed by atoms with Crippen molar-refractivity contribution in [2.45, 2.75) is 54.2 Å². The molecule has 30 heavy (non-hydrogen) atoms. The molecule has 1 unspecified atom stereocenters. The summed E-state index contributed by atoms with van der Waals surface area (Å²) in [5.41, 5.74) is 0. The summed E-state index contributed by atoms with van der Waals surface area (Å²) in [4.78, 5) is 0. The summed E-state index contributed by atoms with van der Waals surface area (Å²) in [5.74, 6) is -40.1. The average Bonchev–Trinajstić information content (AvgIpc) is 2.49. The Morgan fingerprint density at radius 2 is 0.833 bits per heavy atom. The minimum atomic E-state index is -8.36. The summed E-state index contributed by atoms with van der Waals surface area (Å²) >= 11 is 0. The number of hydrogen-bond acceptors (Lipinski definition) is 1. The van der Waals surface area contributed by atoms with Crippen LogP contribution < -0.4 is 0 Å². The standard InChI is InChI=1S/C10H3F19O/c11-2(4(14,15)16)5(17,18)30-1-3(12,13)6(19,20)7(21,22)8(23,24)9(25,26)10(27,28)29/h2H,1H2. The van der Waals surface area contributed by atoms with Crippen LogP contribution in [0.5, 0.6) is 0 Å². The maximum absolute atomic E-state index is 13.1. The lowest BCUT2D eigenvalue weighted by Gasteiger charge is -2.39. The Morgan fingerprint density at radius 1 is 0.500 bits per heavy atom. The molecule has 0 fully saturated rings. The maximum Gasteiger partial charge on any atom is 0.460 e. The third kappa shape index (κ3) is 4.46. The van der Waals surface area contributed by atoms with E-state index >= 15 is 0 Å². The quantitative estimate of drug-likeness (QED) is 0.359. The van der Waals surface area contributed by atoms with Crippen LogP contribution in [0.4, 0.5) is 83.4 Å². The van der Waals surface area contributed by atoms with Crippen LogP contribution in [-0.4, -0.2) is 60.9 Å². The first-order valence-electron chi connectivity index (χ1n) is 6.29. The van der Waals surface area contributed by atoms with Crippen LogP contribution in [0, 0.1) is 0 Å². The van der Waals surface area contributed by atoms with Crippen LogP contribution in [0.3, 0.4) is 0 Å². The van der Waals surface area contributed by atoms with Crippen molar-refractivity contribution in [2.24, 2.45) is 0 Å². The molecule has 1 nitrogen and oxygen atoms in total. The summed E-state index contributed by atoms with van der Waals surface area (Å²) in [6.45, 7) is -4.15. The summed E-state index contributed by atoms with van der Waals surface area (Å²) in [6.07, 6.45) is -26.4. The van der Waals surface area contributed by atoms with Crippen molar-refractivity contribution in [2.75, 3.05) is 6.61 Å². The van der Waals surface area contributed by atoms with Crippen LogP contribution in [0.1, 0.15) is 0 Å². The first kappa shape index (κ1) is 28.6. The van der Waals surface area contributed by atoms with E-state index in [1.165, 1.54) is 0 Å². The Kier molecular flexibility index (Phi) is 7.01. The molecule has 20 heteroatoms. The van der Waals surface area contributed by atoms with E-state index < -0.39 is 60.9 Å². The zero-order valence-electron chi connectivity index (χ0n) is 12.9. The molecular formula is C10H3F19O. The number of halogens is 19. The molecule has 0 bridgehead atoms. The lowest BCUT2D eigenvalue weighted by Crippen LogP contribution is -2.70. The molecular weight excluding hydrogens is 497 g/mol. The fourth-order valence-electron chi connectivity index (χ4n) is 1.34. The topological polar surface area (TPSA) is 9.23 Å². The Morgan fingerprint density at radius 3 is 1.13 bits per heavy atom. The Hall–Kier alpha value is -1.37. The second kappa shape index (κ2) is 7.35. The van der Waals surface area contributed by atoms with Crippen molar-refractivity contribution < 1.29 is 88.2 Å². The van der Waals surface area contributed by atoms with Crippen molar-refractivity contribution >= 4 is 0 Å². The highest BCUT2D eigenvalue weighted by molar-refractivity contribution is 5.10. The Balaban J connectivity index is 6.04. The van der Waals surface area contributed by atoms with Gasteiger partial charge in [-0.1, -0.05) is 0 Å². The molecule has 0 heterocycles. The molecule has 0 aliphatic rings. The van der Waals surface area contributed by atoms with Gasteiger partial charge in [0.2, 0.25) is 0 Å². The van der Waals surface area contributed by atoms with E-state index in [9.17, 15) is 83.4 Å². The van der Waals surface area contributed by atoms with Gasteiger partial charge in [0.05, 0.1) is 0 Å². The van der Waals surface area contributed by atoms with E-state index in [4.69, 9.17) is 0 Å². The van der Waals surface area contributed by atoms with Gasteiger partial charge in [-0.15, -0.1) is 0 Å². The lowest BCUT2D eigenvalue weighted by molar-refractivity contribution is -0.445. The molecule has 0 aliphatic carbocycles. The van der Waals surface area contributed by atoms with Crippen molar-refractivity contribution in [3.8, 4) is 0 Å². The summed E-state index contributed by atoms with van der Waals surface area (Å²) < 4.78 is 239. The average molecular weight is 500 g/mol. The van der Waals surface area contributed by atoms with Gasteiger partial charge in [0.1, 0.15) is 6.61 Å². The van der Waals surface area contributed by atoms with E-state index in [-0.39, 0.29) is 0 Å². The largest absolute Gasteiger partial charge is 0.460 e. The molecule has 0 aromatic heterocycles. The molecule has 0 saturated carbocycles. The van der Waals surface area contributed by atoms with E-state index in [1.807, 2.05) is 0 Å². The molecule has 0 aromatic rings. The number of hydrogen-bond donors (Lipinski definition) is 0. The fraction of sp³-hybridized carbons (Fsp3) is 1.00. The van der Waals surface area contributed by atoms with Crippen molar-refractivity contribution in [1.82, 2.24) is 0 Å². The molecule has 0 N–H and O–H groups in total. The lowest BCUT2D eigenvalue weighted by atomic mass is 9.94. The maximum atomic E-state index is 13.1. The Bertz CT molecular complexity index is 597. The van der Waals surface area contributed by atoms with Gasteiger partial charge >= 0.3 is 48.1 Å². The van der Waals surface area contributed by atoms with Crippen molar-refractivity contribution in [3.05, 3.63) is 0 Å². The molecule has 0 spiro atoms. The van der Waals surface area contributed by atoms with E-state index in [1.54, 1.807) is 0 Å². The van der Waals surface area contributed by atoms with Gasteiger partial charge in [-0.25, -0.2) is 4.39 Å². The molecule has 182 valence electrons. The summed E-state index contributed by atoms with van der Waals surface area (Å²) in [6, 6.07) is 0. The number of alkyl halides is 19. The molecule has 0 saturated heterocycles. The molecule has 0 radical (unpaired) electrons. The first-order chi connectivity index (χ1) is 12.6. The first-order valence-corrected chi connectivity index (χ1v) is 6.29. The number of rotatable bonds is 8. The summed E-state index contributed by atoms with van der Waals surface area (Å²) in [7, 11) is 0. The molecule has 0 amide bonds. The van der Waals surface area contributed by atoms with Crippen molar-refractivity contribution in [3.63, 3.8) is 0 Å². The van der Waals surface area contributed by atoms with Crippen LogP contribution in [0.2, 0.25) is 0 Å². The predicted octanol–water partition coefficient (Wildman–Crippen LogP) is 6.24. The number of ether oxygens (including phenoxy) is 1. The summed E-state index contributed by atoms with van der Waals surface area (Å²) in [5, 5.41) is 0. The van der Waals surface area contributed by atoms with E-state index in [0.717, 1.165) is 0 Å². The van der Waals surface area contributed by atoms with Crippen LogP contribution in [0.25, 0.3) is 0 Å². The zero-order chi connectivity index (χ0) is 25.0. The minimum Gasteiger partial charge on any atom is -0.311 e. The second-order valence-corrected chi connectivity index (χ2v) is 5.25. The minimum absolute atomic E-state index is 2.08. The monoisotopic (exact) mass is 500 g/mol. The molecule has 0 aliphatic heterocycles. The zero-order valence-corrected chi connectivity index (χ0v) is 12.9. The third-order valence-electron chi connectivity index (χ3n) is 3.03. The van der Waals surface area contributed by atoms with Gasteiger partial charge in [0, 0.05) is 0 Å². The highest BCUT2D eigenvalue weighted by atomic mass is 19.4. The predicted molar refractivity (Wildman–Crippen MR) is 52.6 cm³/mol. The normalized spacial score (nSPS) is 17.3. The van der Waals surface area contributed by atoms with Gasteiger partial charge in [-0.05, 0) is 0 Å². The van der Waals surface area contributed by atoms with Gasteiger partial charge < -0.3 is 4.74 Å². The van der Waals surface area contributed by atoms with Gasteiger partial charge in [0.15, 0.2) is 0 Å². The Labute approximate surface area is 150 Å². The highest BCUT2D eigenvalue weighted by Crippen LogP contribution is 2.60. The van der Waals surface area contributed by atoms with E-state index in [2.05, 4.69) is 4.74 Å². The highest BCUT2D eigenvalue weighted by Gasteiger charge is 2.90. The van der Waals surface area contributed by atoms with Gasteiger partial charge in [-0.3, -0.25) is 0 Å². The third-order valence-corrected chi connectivity index (χ3v) is 3.03. The fourth-order valence-corrected chi connectivity index (χ4v) is 1.34. The van der Waals surface area contributed by atoms with Crippen LogP contribution >= 0.6 is 0 Å². The van der Waals surface area contributed by atoms with Crippen molar-refractivity contribution in [1.29, 1.82) is 0 Å². The molecule has 1 atom stereocenters. The molecule has 0 rings (SSSR count). The van der Waals surface area contributed by atoms with Gasteiger partial charge in [0.25, 0.3) is 6.17 Å². The smallest absolute Gasteiger partial charge is 0.311 e. The molecule has 0 aromatic carbocycles.